The maximum atomic E-state index is 11.3. The van der Waals surface area contributed by atoms with E-state index in [0.29, 0.717) is 6.61 Å². The molecule has 1 aromatic rings. The van der Waals surface area contributed by atoms with Crippen LogP contribution in [0.25, 0.3) is 6.08 Å². The Bertz CT molecular complexity index is 356. The van der Waals surface area contributed by atoms with Crippen molar-refractivity contribution >= 4 is 12.0 Å². The highest BCUT2D eigenvalue weighted by Gasteiger charge is 2.11. The van der Waals surface area contributed by atoms with Crippen LogP contribution in [0.5, 0.6) is 5.75 Å². The largest absolute Gasteiger partial charge is 0.507 e. The standard InChI is InChI=1S/C11H12O3/c1-3-8-5-6-9(10(12)7-8)11(13)14-4-2/h3,5-7,12H,1,4H2,2H3. The van der Waals surface area contributed by atoms with Crippen molar-refractivity contribution < 1.29 is 14.6 Å². The lowest BCUT2D eigenvalue weighted by molar-refractivity contribution is 0.0523. The molecular formula is C11H12O3. The molecule has 0 aromatic heterocycles. The van der Waals surface area contributed by atoms with Crippen LogP contribution in [0.4, 0.5) is 0 Å². The van der Waals surface area contributed by atoms with Crippen LogP contribution in [0.2, 0.25) is 0 Å². The minimum absolute atomic E-state index is 0.0825. The molecular weight excluding hydrogens is 180 g/mol. The number of phenols is 1. The van der Waals surface area contributed by atoms with E-state index in [1.165, 1.54) is 12.1 Å². The molecule has 74 valence electrons. The lowest BCUT2D eigenvalue weighted by Crippen LogP contribution is -2.04. The fourth-order valence-electron chi connectivity index (χ4n) is 1.06. The van der Waals surface area contributed by atoms with Crippen molar-refractivity contribution in [2.75, 3.05) is 6.61 Å². The number of esters is 1. The van der Waals surface area contributed by atoms with Crippen molar-refractivity contribution in [3.8, 4) is 5.75 Å². The van der Waals surface area contributed by atoms with Gasteiger partial charge >= 0.3 is 5.97 Å². The number of rotatable bonds is 3. The molecule has 0 bridgehead atoms. The van der Waals surface area contributed by atoms with Gasteiger partial charge in [-0.05, 0) is 24.6 Å². The highest BCUT2D eigenvalue weighted by Crippen LogP contribution is 2.20. The third-order valence-corrected chi connectivity index (χ3v) is 1.75. The average Bonchev–Trinajstić information content (AvgIpc) is 2.17. The summed E-state index contributed by atoms with van der Waals surface area (Å²) >= 11 is 0. The van der Waals surface area contributed by atoms with Gasteiger partial charge in [0.15, 0.2) is 0 Å². The van der Waals surface area contributed by atoms with Gasteiger partial charge in [-0.3, -0.25) is 0 Å². The van der Waals surface area contributed by atoms with Crippen molar-refractivity contribution in [3.05, 3.63) is 35.9 Å². The fourth-order valence-corrected chi connectivity index (χ4v) is 1.06. The van der Waals surface area contributed by atoms with E-state index >= 15 is 0 Å². The summed E-state index contributed by atoms with van der Waals surface area (Å²) in [6, 6.07) is 4.68. The van der Waals surface area contributed by atoms with E-state index in [-0.39, 0.29) is 11.3 Å². The van der Waals surface area contributed by atoms with E-state index in [2.05, 4.69) is 6.58 Å². The Morgan fingerprint density at radius 1 is 1.64 bits per heavy atom. The van der Waals surface area contributed by atoms with Gasteiger partial charge in [0.2, 0.25) is 0 Å². The van der Waals surface area contributed by atoms with Crippen LogP contribution in [-0.2, 0) is 4.74 Å². The molecule has 0 unspecified atom stereocenters. The first kappa shape index (κ1) is 10.3. The highest BCUT2D eigenvalue weighted by molar-refractivity contribution is 5.92. The van der Waals surface area contributed by atoms with E-state index in [4.69, 9.17) is 4.74 Å². The summed E-state index contributed by atoms with van der Waals surface area (Å²) in [5.74, 6) is -0.596. The first-order chi connectivity index (χ1) is 6.69. The van der Waals surface area contributed by atoms with Crippen LogP contribution in [-0.4, -0.2) is 17.7 Å². The molecule has 3 nitrogen and oxygen atoms in total. The number of carbonyl (C=O) groups excluding carboxylic acids is 1. The van der Waals surface area contributed by atoms with Crippen molar-refractivity contribution in [3.63, 3.8) is 0 Å². The minimum atomic E-state index is -0.513. The van der Waals surface area contributed by atoms with Crippen LogP contribution in [0.1, 0.15) is 22.8 Å². The number of hydrogen-bond donors (Lipinski definition) is 1. The molecule has 0 aliphatic carbocycles. The molecule has 0 atom stereocenters. The van der Waals surface area contributed by atoms with Gasteiger partial charge < -0.3 is 9.84 Å². The lowest BCUT2D eigenvalue weighted by Gasteiger charge is -2.04. The molecule has 14 heavy (non-hydrogen) atoms. The van der Waals surface area contributed by atoms with Crippen molar-refractivity contribution in [2.45, 2.75) is 6.92 Å². The van der Waals surface area contributed by atoms with Gasteiger partial charge in [-0.25, -0.2) is 4.79 Å². The van der Waals surface area contributed by atoms with Gasteiger partial charge in [-0.15, -0.1) is 0 Å². The van der Waals surface area contributed by atoms with Crippen molar-refractivity contribution in [1.82, 2.24) is 0 Å². The summed E-state index contributed by atoms with van der Waals surface area (Å²) < 4.78 is 4.76. The SMILES string of the molecule is C=Cc1ccc(C(=O)OCC)c(O)c1. The summed E-state index contributed by atoms with van der Waals surface area (Å²) in [7, 11) is 0. The van der Waals surface area contributed by atoms with Crippen LogP contribution in [0.3, 0.4) is 0 Å². The third kappa shape index (κ3) is 2.13. The molecule has 0 saturated carbocycles. The Morgan fingerprint density at radius 2 is 2.36 bits per heavy atom. The molecule has 0 saturated heterocycles. The van der Waals surface area contributed by atoms with Gasteiger partial charge in [0.1, 0.15) is 11.3 Å². The topological polar surface area (TPSA) is 46.5 Å². The Kier molecular flexibility index (Phi) is 3.29. The molecule has 0 aliphatic heterocycles. The predicted molar refractivity (Wildman–Crippen MR) is 54.2 cm³/mol. The maximum Gasteiger partial charge on any atom is 0.341 e. The second-order valence-electron chi connectivity index (χ2n) is 2.70. The zero-order valence-electron chi connectivity index (χ0n) is 7.99. The van der Waals surface area contributed by atoms with E-state index in [1.807, 2.05) is 0 Å². The number of hydrogen-bond acceptors (Lipinski definition) is 3. The van der Waals surface area contributed by atoms with Crippen molar-refractivity contribution in [1.29, 1.82) is 0 Å². The molecule has 0 spiro atoms. The van der Waals surface area contributed by atoms with Crippen LogP contribution in [0.15, 0.2) is 24.8 Å². The molecule has 0 heterocycles. The number of aromatic hydroxyl groups is 1. The Hall–Kier alpha value is -1.77. The quantitative estimate of drug-likeness (QED) is 0.747. The molecule has 0 radical (unpaired) electrons. The first-order valence-corrected chi connectivity index (χ1v) is 4.31. The number of ether oxygens (including phenoxy) is 1. The molecule has 0 amide bonds. The molecule has 0 fully saturated rings. The summed E-state index contributed by atoms with van der Waals surface area (Å²) in [6.45, 7) is 5.56. The van der Waals surface area contributed by atoms with E-state index in [0.717, 1.165) is 5.56 Å². The molecule has 1 aromatic carbocycles. The van der Waals surface area contributed by atoms with E-state index in [1.54, 1.807) is 19.1 Å². The van der Waals surface area contributed by atoms with Gasteiger partial charge in [0, 0.05) is 0 Å². The highest BCUT2D eigenvalue weighted by atomic mass is 16.5. The van der Waals surface area contributed by atoms with E-state index in [9.17, 15) is 9.90 Å². The zero-order valence-corrected chi connectivity index (χ0v) is 7.99. The average molecular weight is 192 g/mol. The fraction of sp³-hybridized carbons (Fsp3) is 0.182. The number of benzene rings is 1. The van der Waals surface area contributed by atoms with Gasteiger partial charge in [0.05, 0.1) is 6.61 Å². The minimum Gasteiger partial charge on any atom is -0.507 e. The van der Waals surface area contributed by atoms with Crippen LogP contribution < -0.4 is 0 Å². The maximum absolute atomic E-state index is 11.3. The summed E-state index contributed by atoms with van der Waals surface area (Å²) in [4.78, 5) is 11.3. The molecule has 1 rings (SSSR count). The third-order valence-electron chi connectivity index (χ3n) is 1.75. The van der Waals surface area contributed by atoms with Gasteiger partial charge in [-0.2, -0.15) is 0 Å². The van der Waals surface area contributed by atoms with Crippen molar-refractivity contribution in [2.24, 2.45) is 0 Å². The number of phenolic OH excluding ortho intramolecular Hbond substituents is 1. The van der Waals surface area contributed by atoms with E-state index < -0.39 is 5.97 Å². The second kappa shape index (κ2) is 4.46. The van der Waals surface area contributed by atoms with Gasteiger partial charge in [-0.1, -0.05) is 18.7 Å². The van der Waals surface area contributed by atoms with Gasteiger partial charge in [0.25, 0.3) is 0 Å². The predicted octanol–water partition coefficient (Wildman–Crippen LogP) is 2.21. The summed E-state index contributed by atoms with van der Waals surface area (Å²) in [5.41, 5.74) is 0.938. The summed E-state index contributed by atoms with van der Waals surface area (Å²) in [5, 5.41) is 9.47. The van der Waals surface area contributed by atoms with Crippen LogP contribution in [0, 0.1) is 0 Å². The summed E-state index contributed by atoms with van der Waals surface area (Å²) in [6.07, 6.45) is 1.59. The Morgan fingerprint density at radius 3 is 2.86 bits per heavy atom. The normalized spacial score (nSPS) is 9.50. The smallest absolute Gasteiger partial charge is 0.341 e. The molecule has 0 aliphatic rings. The molecule has 1 N–H and O–H groups in total. The Balaban J connectivity index is 2.99. The number of carbonyl (C=O) groups is 1. The molecule has 3 heteroatoms. The van der Waals surface area contributed by atoms with Crippen LogP contribution >= 0.6 is 0 Å². The second-order valence-corrected chi connectivity index (χ2v) is 2.70. The zero-order chi connectivity index (χ0) is 10.6. The Labute approximate surface area is 82.6 Å². The lowest BCUT2D eigenvalue weighted by atomic mass is 10.1. The monoisotopic (exact) mass is 192 g/mol. The first-order valence-electron chi connectivity index (χ1n) is 4.31.